The molecule has 6 heteroatoms. The Labute approximate surface area is 143 Å². The summed E-state index contributed by atoms with van der Waals surface area (Å²) in [6.45, 7) is 4.47. The summed E-state index contributed by atoms with van der Waals surface area (Å²) in [6, 6.07) is 5.08. The van der Waals surface area contributed by atoms with Crippen molar-refractivity contribution in [3.05, 3.63) is 29.3 Å². The summed E-state index contributed by atoms with van der Waals surface area (Å²) < 4.78 is 9.89. The first-order valence-corrected chi connectivity index (χ1v) is 8.31. The quantitative estimate of drug-likeness (QED) is 0.536. The van der Waals surface area contributed by atoms with E-state index in [4.69, 9.17) is 9.47 Å². The molecule has 6 nitrogen and oxygen atoms in total. The molecule has 134 valence electrons. The second-order valence-electron chi connectivity index (χ2n) is 5.75. The van der Waals surface area contributed by atoms with Crippen LogP contribution in [0, 0.1) is 0 Å². The molecule has 0 aliphatic carbocycles. The maximum atomic E-state index is 11.9. The van der Waals surface area contributed by atoms with Crippen LogP contribution in [0.5, 0.6) is 5.75 Å². The van der Waals surface area contributed by atoms with Crippen LogP contribution in [0.2, 0.25) is 0 Å². The Kier molecular flexibility index (Phi) is 8.68. The van der Waals surface area contributed by atoms with E-state index in [1.54, 1.807) is 18.2 Å². The van der Waals surface area contributed by atoms with Crippen molar-refractivity contribution in [1.82, 2.24) is 10.6 Å². The summed E-state index contributed by atoms with van der Waals surface area (Å²) in [5.74, 6) is -0.0257. The zero-order chi connectivity index (χ0) is 17.9. The van der Waals surface area contributed by atoms with E-state index in [1.807, 2.05) is 6.92 Å². The average Bonchev–Trinajstić information content (AvgIpc) is 2.59. The van der Waals surface area contributed by atoms with Gasteiger partial charge in [0.25, 0.3) is 0 Å². The van der Waals surface area contributed by atoms with Crippen LogP contribution in [0.25, 0.3) is 0 Å². The second kappa shape index (κ2) is 10.5. The number of amides is 2. The van der Waals surface area contributed by atoms with Crippen LogP contribution in [0.15, 0.2) is 18.2 Å². The van der Waals surface area contributed by atoms with Crippen LogP contribution in [-0.4, -0.2) is 32.3 Å². The Morgan fingerprint density at radius 2 is 1.96 bits per heavy atom. The van der Waals surface area contributed by atoms with Crippen molar-refractivity contribution in [2.24, 2.45) is 0 Å². The monoisotopic (exact) mass is 336 g/mol. The number of ether oxygens (including phenoxy) is 2. The normalized spacial score (nSPS) is 11.5. The lowest BCUT2D eigenvalue weighted by atomic mass is 10.1. The molecular weight excluding hydrogens is 308 g/mol. The molecule has 2 amide bonds. The van der Waals surface area contributed by atoms with E-state index < -0.39 is 5.97 Å². The second-order valence-corrected chi connectivity index (χ2v) is 5.75. The number of benzene rings is 1. The van der Waals surface area contributed by atoms with Crippen molar-refractivity contribution in [2.45, 2.75) is 52.1 Å². The Morgan fingerprint density at radius 1 is 1.21 bits per heavy atom. The summed E-state index contributed by atoms with van der Waals surface area (Å²) in [4.78, 5) is 23.7. The third-order valence-electron chi connectivity index (χ3n) is 3.74. The van der Waals surface area contributed by atoms with Gasteiger partial charge in [-0.2, -0.15) is 0 Å². The number of rotatable bonds is 9. The molecule has 0 heterocycles. The van der Waals surface area contributed by atoms with E-state index in [2.05, 4.69) is 17.6 Å². The fraction of sp³-hybridized carbons (Fsp3) is 0.556. The first kappa shape index (κ1) is 19.8. The van der Waals surface area contributed by atoms with Crippen molar-refractivity contribution in [3.63, 3.8) is 0 Å². The van der Waals surface area contributed by atoms with Gasteiger partial charge in [0.1, 0.15) is 11.3 Å². The van der Waals surface area contributed by atoms with Crippen LogP contribution in [-0.2, 0) is 11.3 Å². The van der Waals surface area contributed by atoms with Crippen molar-refractivity contribution in [1.29, 1.82) is 0 Å². The van der Waals surface area contributed by atoms with Gasteiger partial charge in [0, 0.05) is 12.6 Å². The van der Waals surface area contributed by atoms with E-state index >= 15 is 0 Å². The van der Waals surface area contributed by atoms with Crippen LogP contribution in [0.1, 0.15) is 55.5 Å². The van der Waals surface area contributed by atoms with Gasteiger partial charge in [-0.3, -0.25) is 0 Å². The highest BCUT2D eigenvalue weighted by Crippen LogP contribution is 2.20. The number of hydrogen-bond donors (Lipinski definition) is 2. The van der Waals surface area contributed by atoms with Crippen LogP contribution in [0.4, 0.5) is 4.79 Å². The summed E-state index contributed by atoms with van der Waals surface area (Å²) in [7, 11) is 2.81. The van der Waals surface area contributed by atoms with E-state index in [1.165, 1.54) is 27.1 Å². The molecule has 1 atom stereocenters. The molecule has 2 N–H and O–H groups in total. The van der Waals surface area contributed by atoms with Gasteiger partial charge in [0.05, 0.1) is 14.2 Å². The van der Waals surface area contributed by atoms with Crippen LogP contribution >= 0.6 is 0 Å². The third kappa shape index (κ3) is 6.48. The molecule has 0 fully saturated rings. The number of nitrogens with one attached hydrogen (secondary N) is 2. The molecule has 0 aliphatic rings. The van der Waals surface area contributed by atoms with Gasteiger partial charge in [-0.25, -0.2) is 9.59 Å². The average molecular weight is 336 g/mol. The molecule has 0 saturated heterocycles. The number of esters is 1. The Bertz CT molecular complexity index is 546. The summed E-state index contributed by atoms with van der Waals surface area (Å²) >= 11 is 0. The summed E-state index contributed by atoms with van der Waals surface area (Å²) in [5, 5.41) is 5.71. The maximum Gasteiger partial charge on any atom is 0.341 e. The molecule has 1 aromatic carbocycles. The largest absolute Gasteiger partial charge is 0.496 e. The van der Waals surface area contributed by atoms with Crippen molar-refractivity contribution in [2.75, 3.05) is 14.2 Å². The highest BCUT2D eigenvalue weighted by Gasteiger charge is 2.14. The predicted molar refractivity (Wildman–Crippen MR) is 93.3 cm³/mol. The molecule has 0 bridgehead atoms. The zero-order valence-corrected chi connectivity index (χ0v) is 15.0. The number of hydrogen-bond acceptors (Lipinski definition) is 4. The van der Waals surface area contributed by atoms with Crippen molar-refractivity contribution in [3.8, 4) is 5.75 Å². The van der Waals surface area contributed by atoms with Crippen LogP contribution in [0.3, 0.4) is 0 Å². The van der Waals surface area contributed by atoms with E-state index in [9.17, 15) is 9.59 Å². The molecule has 0 spiro atoms. The molecule has 24 heavy (non-hydrogen) atoms. The SMILES string of the molecule is CCCCCC(C)NC(=O)NCc1ccc(OC)c(C(=O)OC)c1. The highest BCUT2D eigenvalue weighted by atomic mass is 16.5. The van der Waals surface area contributed by atoms with Gasteiger partial charge in [0.15, 0.2) is 0 Å². The maximum absolute atomic E-state index is 11.9. The molecule has 1 rings (SSSR count). The molecule has 1 aromatic rings. The standard InChI is InChI=1S/C18H28N2O4/c1-5-6-7-8-13(2)20-18(22)19-12-14-9-10-16(23-3)15(11-14)17(21)24-4/h9-11,13H,5-8,12H2,1-4H3,(H2,19,20,22). The molecule has 1 unspecified atom stereocenters. The van der Waals surface area contributed by atoms with Gasteiger partial charge in [-0.05, 0) is 31.0 Å². The number of unbranched alkanes of at least 4 members (excludes halogenated alkanes) is 2. The molecular formula is C18H28N2O4. The number of methoxy groups -OCH3 is 2. The van der Waals surface area contributed by atoms with E-state index in [0.717, 1.165) is 18.4 Å². The number of urea groups is 1. The first-order chi connectivity index (χ1) is 11.5. The van der Waals surface area contributed by atoms with Crippen LogP contribution < -0.4 is 15.4 Å². The lowest BCUT2D eigenvalue weighted by Crippen LogP contribution is -2.40. The third-order valence-corrected chi connectivity index (χ3v) is 3.74. The fourth-order valence-electron chi connectivity index (χ4n) is 2.36. The first-order valence-electron chi connectivity index (χ1n) is 8.31. The van der Waals surface area contributed by atoms with E-state index in [0.29, 0.717) is 17.9 Å². The Hall–Kier alpha value is -2.24. The molecule has 0 radical (unpaired) electrons. The van der Waals surface area contributed by atoms with Gasteiger partial charge < -0.3 is 20.1 Å². The topological polar surface area (TPSA) is 76.7 Å². The minimum Gasteiger partial charge on any atom is -0.496 e. The minimum atomic E-state index is -0.470. The molecule has 0 saturated carbocycles. The minimum absolute atomic E-state index is 0.137. The number of carbonyl (C=O) groups is 2. The van der Waals surface area contributed by atoms with E-state index in [-0.39, 0.29) is 12.1 Å². The molecule has 0 aliphatic heterocycles. The summed E-state index contributed by atoms with van der Waals surface area (Å²) in [5.41, 5.74) is 1.14. The van der Waals surface area contributed by atoms with Gasteiger partial charge in [-0.1, -0.05) is 32.3 Å². The zero-order valence-electron chi connectivity index (χ0n) is 15.0. The van der Waals surface area contributed by atoms with Gasteiger partial charge in [0.2, 0.25) is 0 Å². The van der Waals surface area contributed by atoms with Gasteiger partial charge >= 0.3 is 12.0 Å². The molecule has 0 aromatic heterocycles. The summed E-state index contributed by atoms with van der Waals surface area (Å²) in [6.07, 6.45) is 4.42. The van der Waals surface area contributed by atoms with Crippen molar-refractivity contribution >= 4 is 12.0 Å². The number of carbonyl (C=O) groups excluding carboxylic acids is 2. The van der Waals surface area contributed by atoms with Crippen molar-refractivity contribution < 1.29 is 19.1 Å². The lowest BCUT2D eigenvalue weighted by molar-refractivity contribution is 0.0597. The Balaban J connectivity index is 2.54. The van der Waals surface area contributed by atoms with Gasteiger partial charge in [-0.15, -0.1) is 0 Å². The smallest absolute Gasteiger partial charge is 0.341 e. The highest BCUT2D eigenvalue weighted by molar-refractivity contribution is 5.92. The fourth-order valence-corrected chi connectivity index (χ4v) is 2.36. The Morgan fingerprint density at radius 3 is 2.58 bits per heavy atom. The lowest BCUT2D eigenvalue weighted by Gasteiger charge is -2.15. The predicted octanol–water partition coefficient (Wildman–Crippen LogP) is 3.25.